The van der Waals surface area contributed by atoms with Gasteiger partial charge in [0.1, 0.15) is 12.2 Å². The minimum Gasteiger partial charge on any atom is -0.512 e. The number of carbonyl (C=O) groups is 2. The van der Waals surface area contributed by atoms with Crippen molar-refractivity contribution in [1.29, 1.82) is 5.26 Å². The van der Waals surface area contributed by atoms with Gasteiger partial charge < -0.3 is 16.6 Å². The van der Waals surface area contributed by atoms with Crippen LogP contribution in [0.25, 0.3) is 0 Å². The summed E-state index contributed by atoms with van der Waals surface area (Å²) in [4.78, 5) is 21.5. The zero-order chi connectivity index (χ0) is 10.7. The predicted molar refractivity (Wildman–Crippen MR) is 46.1 cm³/mol. The Bertz CT molecular complexity index is 159. The van der Waals surface area contributed by atoms with Crippen LogP contribution in [0.2, 0.25) is 0 Å². The van der Waals surface area contributed by atoms with E-state index >= 15 is 0 Å². The van der Waals surface area contributed by atoms with Crippen molar-refractivity contribution in [1.82, 2.24) is 0 Å². The van der Waals surface area contributed by atoms with Gasteiger partial charge in [-0.1, -0.05) is 6.92 Å². The summed E-state index contributed by atoms with van der Waals surface area (Å²) in [5.74, 6) is -0.447. The smallest absolute Gasteiger partial charge is 0.313 e. The van der Waals surface area contributed by atoms with Crippen molar-refractivity contribution in [3.63, 3.8) is 0 Å². The third kappa shape index (κ3) is 10.6. The largest absolute Gasteiger partial charge is 0.512 e. The highest BCUT2D eigenvalue weighted by Crippen LogP contribution is 1.95. The predicted octanol–water partition coefficient (Wildman–Crippen LogP) is 1.41. The lowest BCUT2D eigenvalue weighted by atomic mass is 10.2. The van der Waals surface area contributed by atoms with Gasteiger partial charge in [0, 0.05) is 6.42 Å². The van der Waals surface area contributed by atoms with Gasteiger partial charge in [0.25, 0.3) is 0 Å². The number of ketones is 1. The van der Waals surface area contributed by atoms with Gasteiger partial charge in [0.05, 0.1) is 6.61 Å². The molecule has 0 aliphatic heterocycles. The van der Waals surface area contributed by atoms with E-state index in [1.54, 1.807) is 6.92 Å². The second-order valence-electron chi connectivity index (χ2n) is 2.27. The Morgan fingerprint density at radius 2 is 1.85 bits per heavy atom. The molecule has 0 bridgehead atoms. The first-order valence-electron chi connectivity index (χ1n) is 4.10. The number of nitrogens with zero attached hydrogens (tertiary/aromatic N) is 1. The zero-order valence-corrected chi connectivity index (χ0v) is 8.00. The molecule has 0 amide bonds. The average Bonchev–Trinajstić information content (AvgIpc) is 2.08. The van der Waals surface area contributed by atoms with Gasteiger partial charge in [-0.2, -0.15) is 0 Å². The molecule has 74 valence electrons. The highest BCUT2D eigenvalue weighted by atomic mass is 16.5. The summed E-state index contributed by atoms with van der Waals surface area (Å²) in [6.07, 6.45) is 1.19. The van der Waals surface area contributed by atoms with Crippen molar-refractivity contribution in [2.45, 2.75) is 33.1 Å². The molecule has 0 fully saturated rings. The number of hydrogen-bond donors (Lipinski definition) is 0. The molecule has 0 unspecified atom stereocenters. The van der Waals surface area contributed by atoms with E-state index < -0.39 is 5.97 Å². The van der Waals surface area contributed by atoms with Gasteiger partial charge in [-0.3, -0.25) is 9.59 Å². The number of hydrogen-bond acceptors (Lipinski definition) is 4. The van der Waals surface area contributed by atoms with E-state index in [-0.39, 0.29) is 12.2 Å². The SMILES string of the molecule is CCCC(=O)CC(=O)OCC.[C-]#N. The molecule has 0 aromatic heterocycles. The Balaban J connectivity index is 0. The number of carbonyl (C=O) groups excluding carboxylic acids is 2. The van der Waals surface area contributed by atoms with E-state index in [0.29, 0.717) is 13.0 Å². The molecule has 13 heavy (non-hydrogen) atoms. The standard InChI is InChI=1S/C8H14O3.CN/c1-3-5-7(9)6-8(10)11-4-2;1-2/h3-6H2,1-2H3;/q;-1. The van der Waals surface area contributed by atoms with Gasteiger partial charge in [0.15, 0.2) is 0 Å². The van der Waals surface area contributed by atoms with Crippen molar-refractivity contribution in [3.05, 3.63) is 6.57 Å². The van der Waals surface area contributed by atoms with E-state index in [9.17, 15) is 9.59 Å². The van der Waals surface area contributed by atoms with Gasteiger partial charge in [0.2, 0.25) is 0 Å². The first kappa shape index (κ1) is 14.2. The van der Waals surface area contributed by atoms with Crippen molar-refractivity contribution >= 4 is 11.8 Å². The fourth-order valence-corrected chi connectivity index (χ4v) is 0.740. The maximum absolute atomic E-state index is 10.8. The molecule has 0 N–H and O–H groups in total. The number of rotatable bonds is 5. The van der Waals surface area contributed by atoms with E-state index in [2.05, 4.69) is 4.74 Å². The summed E-state index contributed by atoms with van der Waals surface area (Å²) in [5.41, 5.74) is 0. The van der Waals surface area contributed by atoms with Crippen LogP contribution in [0.1, 0.15) is 33.1 Å². The molecule has 4 heteroatoms. The number of ether oxygens (including phenoxy) is 1. The first-order valence-corrected chi connectivity index (χ1v) is 4.10. The number of Topliss-reactive ketones (excluding diaryl/α,β-unsaturated/α-hetero) is 1. The van der Waals surface area contributed by atoms with Crippen LogP contribution in [-0.4, -0.2) is 18.4 Å². The molecular formula is C9H14NO3-. The highest BCUT2D eigenvalue weighted by Gasteiger charge is 2.07. The summed E-state index contributed by atoms with van der Waals surface area (Å²) >= 11 is 0. The zero-order valence-electron chi connectivity index (χ0n) is 8.00. The maximum atomic E-state index is 10.8. The topological polar surface area (TPSA) is 67.2 Å². The van der Waals surface area contributed by atoms with Gasteiger partial charge >= 0.3 is 5.97 Å². The number of esters is 1. The lowest BCUT2D eigenvalue weighted by Crippen LogP contribution is -2.10. The molecule has 0 heterocycles. The highest BCUT2D eigenvalue weighted by molar-refractivity contribution is 5.95. The van der Waals surface area contributed by atoms with E-state index in [1.807, 2.05) is 6.92 Å². The van der Waals surface area contributed by atoms with E-state index in [4.69, 9.17) is 11.8 Å². The van der Waals surface area contributed by atoms with Gasteiger partial charge in [-0.15, -0.1) is 0 Å². The van der Waals surface area contributed by atoms with Crippen LogP contribution in [-0.2, 0) is 14.3 Å². The quantitative estimate of drug-likeness (QED) is 0.368. The maximum Gasteiger partial charge on any atom is 0.313 e. The molecule has 0 atom stereocenters. The van der Waals surface area contributed by atoms with Crippen LogP contribution in [0, 0.1) is 11.8 Å². The molecule has 0 rings (SSSR count). The summed E-state index contributed by atoms with van der Waals surface area (Å²) in [6, 6.07) is 0. The van der Waals surface area contributed by atoms with Crippen LogP contribution in [0.3, 0.4) is 0 Å². The van der Waals surface area contributed by atoms with Crippen LogP contribution in [0.4, 0.5) is 0 Å². The second-order valence-corrected chi connectivity index (χ2v) is 2.27. The Labute approximate surface area is 78.5 Å². The molecule has 0 spiro atoms. The monoisotopic (exact) mass is 184 g/mol. The molecule has 0 aromatic rings. The van der Waals surface area contributed by atoms with Gasteiger partial charge in [-0.25, -0.2) is 0 Å². The Kier molecular flexibility index (Phi) is 11.6. The summed E-state index contributed by atoms with van der Waals surface area (Å²) in [6.45, 7) is 8.73. The van der Waals surface area contributed by atoms with Crippen LogP contribution >= 0.6 is 0 Å². The Morgan fingerprint density at radius 3 is 2.23 bits per heavy atom. The normalized spacial score (nSPS) is 8.00. The van der Waals surface area contributed by atoms with E-state index in [1.165, 1.54) is 0 Å². The van der Waals surface area contributed by atoms with Crippen molar-refractivity contribution in [2.24, 2.45) is 0 Å². The third-order valence-electron chi connectivity index (χ3n) is 1.18. The first-order chi connectivity index (χ1) is 6.20. The fourth-order valence-electron chi connectivity index (χ4n) is 0.740. The summed E-state index contributed by atoms with van der Waals surface area (Å²) < 4.78 is 4.60. The van der Waals surface area contributed by atoms with Crippen LogP contribution in [0.15, 0.2) is 0 Å². The molecule has 0 aliphatic carbocycles. The minimum absolute atomic E-state index is 0.0362. The van der Waals surface area contributed by atoms with Crippen molar-refractivity contribution in [3.8, 4) is 0 Å². The molecule has 0 aliphatic rings. The van der Waals surface area contributed by atoms with Gasteiger partial charge in [-0.05, 0) is 13.3 Å². The molecular weight excluding hydrogens is 170 g/mol. The van der Waals surface area contributed by atoms with Crippen LogP contribution in [0.5, 0.6) is 0 Å². The minimum atomic E-state index is -0.411. The van der Waals surface area contributed by atoms with Crippen molar-refractivity contribution in [2.75, 3.05) is 6.61 Å². The molecule has 0 saturated heterocycles. The van der Waals surface area contributed by atoms with E-state index in [0.717, 1.165) is 6.42 Å². The molecule has 4 nitrogen and oxygen atoms in total. The van der Waals surface area contributed by atoms with Crippen molar-refractivity contribution < 1.29 is 14.3 Å². The average molecular weight is 184 g/mol. The summed E-state index contributed by atoms with van der Waals surface area (Å²) in [5, 5.41) is 6.25. The molecule has 0 aromatic carbocycles. The molecule has 0 saturated carbocycles. The Hall–Kier alpha value is -1.37. The second kappa shape index (κ2) is 10.6. The molecule has 0 radical (unpaired) electrons. The lowest BCUT2D eigenvalue weighted by Gasteiger charge is -1.98. The Morgan fingerprint density at radius 1 is 1.31 bits per heavy atom. The van der Waals surface area contributed by atoms with Crippen LogP contribution < -0.4 is 0 Å². The lowest BCUT2D eigenvalue weighted by molar-refractivity contribution is -0.145. The third-order valence-corrected chi connectivity index (χ3v) is 1.18. The summed E-state index contributed by atoms with van der Waals surface area (Å²) in [7, 11) is 0. The fraction of sp³-hybridized carbons (Fsp3) is 0.667.